The molecule has 7 heteroatoms. The van der Waals surface area contributed by atoms with E-state index in [1.807, 2.05) is 0 Å². The van der Waals surface area contributed by atoms with Gasteiger partial charge < -0.3 is 20.1 Å². The lowest BCUT2D eigenvalue weighted by Gasteiger charge is -2.49. The maximum atomic E-state index is 11.7. The summed E-state index contributed by atoms with van der Waals surface area (Å²) < 4.78 is 5.17. The molecule has 1 fully saturated rings. The first-order valence-electron chi connectivity index (χ1n) is 6.01. The number of carboxylic acid groups (broad SMARTS) is 1. The highest BCUT2D eigenvalue weighted by Crippen LogP contribution is 2.26. The first-order valence-corrected chi connectivity index (χ1v) is 6.01. The molecule has 1 aliphatic rings. The van der Waals surface area contributed by atoms with Gasteiger partial charge in [-0.2, -0.15) is 0 Å². The Morgan fingerprint density at radius 2 is 1.84 bits per heavy atom. The average molecular weight is 272 g/mol. The van der Waals surface area contributed by atoms with Crippen LogP contribution in [0.1, 0.15) is 34.1 Å². The van der Waals surface area contributed by atoms with E-state index in [9.17, 15) is 14.4 Å². The van der Waals surface area contributed by atoms with Crippen LogP contribution in [0.5, 0.6) is 0 Å². The fourth-order valence-electron chi connectivity index (χ4n) is 2.04. The van der Waals surface area contributed by atoms with Crippen LogP contribution in [0.25, 0.3) is 0 Å². The van der Waals surface area contributed by atoms with Gasteiger partial charge in [0, 0.05) is 20.0 Å². The molecule has 19 heavy (non-hydrogen) atoms. The van der Waals surface area contributed by atoms with Gasteiger partial charge in [0.15, 0.2) is 0 Å². The Balaban J connectivity index is 2.61. The molecule has 1 saturated heterocycles. The van der Waals surface area contributed by atoms with Gasteiger partial charge in [-0.25, -0.2) is 4.79 Å². The SMILES string of the molecule is CC(=O)NC1(CC(=O)O)CN(C(=O)OC(C)(C)C)C1. The number of nitrogens with zero attached hydrogens (tertiary/aromatic N) is 1. The number of carbonyl (C=O) groups is 3. The van der Waals surface area contributed by atoms with Crippen molar-refractivity contribution in [3.05, 3.63) is 0 Å². The van der Waals surface area contributed by atoms with Gasteiger partial charge in [0.2, 0.25) is 5.91 Å². The van der Waals surface area contributed by atoms with E-state index in [-0.39, 0.29) is 25.4 Å². The van der Waals surface area contributed by atoms with Crippen molar-refractivity contribution in [3.8, 4) is 0 Å². The molecule has 0 aromatic carbocycles. The predicted octanol–water partition coefficient (Wildman–Crippen LogP) is 0.587. The van der Waals surface area contributed by atoms with Gasteiger partial charge in [-0.3, -0.25) is 9.59 Å². The van der Waals surface area contributed by atoms with Crippen molar-refractivity contribution in [2.24, 2.45) is 0 Å². The fourth-order valence-corrected chi connectivity index (χ4v) is 2.04. The zero-order valence-corrected chi connectivity index (χ0v) is 11.6. The Hall–Kier alpha value is -1.79. The van der Waals surface area contributed by atoms with Gasteiger partial charge in [-0.05, 0) is 20.8 Å². The van der Waals surface area contributed by atoms with Crippen molar-refractivity contribution >= 4 is 18.0 Å². The number of amides is 2. The van der Waals surface area contributed by atoms with Crippen LogP contribution in [0.15, 0.2) is 0 Å². The van der Waals surface area contributed by atoms with Crippen LogP contribution in [-0.2, 0) is 14.3 Å². The summed E-state index contributed by atoms with van der Waals surface area (Å²) in [6.07, 6.45) is -0.717. The summed E-state index contributed by atoms with van der Waals surface area (Å²) in [6.45, 7) is 6.87. The van der Waals surface area contributed by atoms with E-state index in [2.05, 4.69) is 5.32 Å². The van der Waals surface area contributed by atoms with E-state index in [4.69, 9.17) is 9.84 Å². The summed E-state index contributed by atoms with van der Waals surface area (Å²) in [5.74, 6) is -1.33. The Kier molecular flexibility index (Phi) is 4.07. The second kappa shape index (κ2) is 5.07. The first kappa shape index (κ1) is 15.3. The zero-order chi connectivity index (χ0) is 14.8. The fraction of sp³-hybridized carbons (Fsp3) is 0.750. The lowest BCUT2D eigenvalue weighted by atomic mass is 9.86. The van der Waals surface area contributed by atoms with E-state index < -0.39 is 23.2 Å². The van der Waals surface area contributed by atoms with Crippen molar-refractivity contribution in [1.82, 2.24) is 10.2 Å². The number of hydrogen-bond acceptors (Lipinski definition) is 4. The van der Waals surface area contributed by atoms with Crippen LogP contribution in [-0.4, -0.2) is 52.2 Å². The minimum absolute atomic E-state index is 0.147. The molecule has 7 nitrogen and oxygen atoms in total. The highest BCUT2D eigenvalue weighted by Gasteiger charge is 2.48. The van der Waals surface area contributed by atoms with Gasteiger partial charge in [-0.1, -0.05) is 0 Å². The molecular weight excluding hydrogens is 252 g/mol. The summed E-state index contributed by atoms with van der Waals surface area (Å²) >= 11 is 0. The van der Waals surface area contributed by atoms with Crippen molar-refractivity contribution in [2.75, 3.05) is 13.1 Å². The summed E-state index contributed by atoms with van der Waals surface area (Å²) in [4.78, 5) is 35.0. The highest BCUT2D eigenvalue weighted by atomic mass is 16.6. The van der Waals surface area contributed by atoms with Gasteiger partial charge >= 0.3 is 12.1 Å². The molecule has 2 amide bonds. The number of rotatable bonds is 3. The van der Waals surface area contributed by atoms with E-state index in [0.717, 1.165) is 0 Å². The molecule has 0 aliphatic carbocycles. The normalized spacial score (nSPS) is 17.4. The van der Waals surface area contributed by atoms with Crippen LogP contribution >= 0.6 is 0 Å². The maximum absolute atomic E-state index is 11.7. The van der Waals surface area contributed by atoms with E-state index >= 15 is 0 Å². The van der Waals surface area contributed by atoms with Gasteiger partial charge in [-0.15, -0.1) is 0 Å². The summed E-state index contributed by atoms with van der Waals surface area (Å²) in [7, 11) is 0. The van der Waals surface area contributed by atoms with Crippen LogP contribution in [0.2, 0.25) is 0 Å². The molecule has 0 radical (unpaired) electrons. The molecule has 1 rings (SSSR count). The van der Waals surface area contributed by atoms with Crippen LogP contribution in [0.4, 0.5) is 4.79 Å². The lowest BCUT2D eigenvalue weighted by molar-refractivity contribution is -0.141. The lowest BCUT2D eigenvalue weighted by Crippen LogP contribution is -2.72. The number of ether oxygens (including phenoxy) is 1. The number of aliphatic carboxylic acids is 1. The molecule has 0 aromatic rings. The van der Waals surface area contributed by atoms with E-state index in [1.165, 1.54) is 11.8 Å². The number of likely N-dealkylation sites (tertiary alicyclic amines) is 1. The van der Waals surface area contributed by atoms with Crippen molar-refractivity contribution in [1.29, 1.82) is 0 Å². The second-order valence-electron chi connectivity index (χ2n) is 5.87. The quantitative estimate of drug-likeness (QED) is 0.783. The molecule has 1 aliphatic heterocycles. The van der Waals surface area contributed by atoms with Crippen LogP contribution in [0.3, 0.4) is 0 Å². The average Bonchev–Trinajstić information content (AvgIpc) is 2.07. The summed E-state index contributed by atoms with van der Waals surface area (Å²) in [5, 5.41) is 11.5. The topological polar surface area (TPSA) is 95.9 Å². The third-order valence-electron chi connectivity index (χ3n) is 2.57. The molecule has 108 valence electrons. The predicted molar refractivity (Wildman–Crippen MR) is 66.6 cm³/mol. The maximum Gasteiger partial charge on any atom is 0.410 e. The number of carboxylic acids is 1. The smallest absolute Gasteiger partial charge is 0.410 e. The van der Waals surface area contributed by atoms with Crippen LogP contribution < -0.4 is 5.32 Å². The standard InChI is InChI=1S/C12H20N2O5/c1-8(15)13-12(5-9(16)17)6-14(7-12)10(18)19-11(2,3)4/h5-7H2,1-4H3,(H,13,15)(H,16,17). The Morgan fingerprint density at radius 1 is 1.32 bits per heavy atom. The molecule has 0 saturated carbocycles. The third-order valence-corrected chi connectivity index (χ3v) is 2.57. The molecule has 0 unspecified atom stereocenters. The summed E-state index contributed by atoms with van der Waals surface area (Å²) in [6, 6.07) is 0. The summed E-state index contributed by atoms with van der Waals surface area (Å²) in [5.41, 5.74) is -1.48. The Bertz CT molecular complexity index is 375. The van der Waals surface area contributed by atoms with Gasteiger partial charge in [0.25, 0.3) is 0 Å². The van der Waals surface area contributed by atoms with Gasteiger partial charge in [0.05, 0.1) is 12.0 Å². The minimum atomic E-state index is -1.02. The second-order valence-corrected chi connectivity index (χ2v) is 5.87. The first-order chi connectivity index (χ1) is 8.53. The molecular formula is C12H20N2O5. The molecule has 2 N–H and O–H groups in total. The van der Waals surface area contributed by atoms with Crippen LogP contribution in [0, 0.1) is 0 Å². The Morgan fingerprint density at radius 3 is 2.21 bits per heavy atom. The monoisotopic (exact) mass is 272 g/mol. The van der Waals surface area contributed by atoms with Crippen molar-refractivity contribution in [2.45, 2.75) is 45.3 Å². The molecule has 0 bridgehead atoms. The number of carbonyl (C=O) groups excluding carboxylic acids is 2. The third kappa shape index (κ3) is 4.42. The Labute approximate surface area is 111 Å². The van der Waals surface area contributed by atoms with E-state index in [0.29, 0.717) is 0 Å². The molecule has 0 atom stereocenters. The number of nitrogens with one attached hydrogen (secondary N) is 1. The minimum Gasteiger partial charge on any atom is -0.481 e. The van der Waals surface area contributed by atoms with Crippen molar-refractivity contribution in [3.63, 3.8) is 0 Å². The van der Waals surface area contributed by atoms with Gasteiger partial charge in [0.1, 0.15) is 5.60 Å². The van der Waals surface area contributed by atoms with Crippen molar-refractivity contribution < 1.29 is 24.2 Å². The highest BCUT2D eigenvalue weighted by molar-refractivity contribution is 5.78. The zero-order valence-electron chi connectivity index (χ0n) is 11.6. The largest absolute Gasteiger partial charge is 0.481 e. The molecule has 0 spiro atoms. The van der Waals surface area contributed by atoms with E-state index in [1.54, 1.807) is 20.8 Å². The molecule has 1 heterocycles. The number of hydrogen-bond donors (Lipinski definition) is 2. The molecule has 0 aromatic heterocycles.